The zero-order valence-corrected chi connectivity index (χ0v) is 66.1. The Bertz CT molecular complexity index is 3430. The van der Waals surface area contributed by atoms with Gasteiger partial charge in [-0.25, -0.2) is 4.99 Å². The smallest absolute Gasteiger partial charge is 0.320 e. The second-order valence-corrected chi connectivity index (χ2v) is 30.9. The van der Waals surface area contributed by atoms with Crippen LogP contribution < -0.4 is 43.8 Å². The van der Waals surface area contributed by atoms with E-state index >= 15 is 0 Å². The molecule has 0 spiro atoms. The number of carbonyl (C=O) groups is 14. The van der Waals surface area contributed by atoms with Gasteiger partial charge in [0.2, 0.25) is 65.0 Å². The van der Waals surface area contributed by atoms with E-state index in [1.54, 1.807) is 45.0 Å². The van der Waals surface area contributed by atoms with Crippen LogP contribution in [0.4, 0.5) is 0 Å². The van der Waals surface area contributed by atoms with E-state index in [-0.39, 0.29) is 172 Å². The first-order chi connectivity index (χ1) is 53.0. The molecule has 3 aliphatic rings. The summed E-state index contributed by atoms with van der Waals surface area (Å²) in [6, 6.07) is 8.06. The van der Waals surface area contributed by atoms with E-state index in [4.69, 9.17) is 26.7 Å². The summed E-state index contributed by atoms with van der Waals surface area (Å²) in [5.41, 5.74) is 20.2. The number of aliphatic hydroxyl groups is 1. The van der Waals surface area contributed by atoms with Gasteiger partial charge in [0, 0.05) is 132 Å². The second kappa shape index (κ2) is 50.6. The number of carboxylic acids is 3. The van der Waals surface area contributed by atoms with Gasteiger partial charge in [0.15, 0.2) is 0 Å². The minimum absolute atomic E-state index is 0.0222. The zero-order chi connectivity index (χ0) is 81.4. The Morgan fingerprint density at radius 3 is 1.77 bits per heavy atom. The van der Waals surface area contributed by atoms with Crippen LogP contribution in [0.5, 0.6) is 0 Å². The van der Waals surface area contributed by atoms with Crippen LogP contribution >= 0.6 is 35.3 Å². The molecule has 3 aliphatic heterocycles. The number of carbonyl (C=O) groups excluding carboxylic acids is 11. The number of rotatable bonds is 51. The number of thioether (sulfide) groups is 3. The molecule has 0 saturated carbocycles. The van der Waals surface area contributed by atoms with Crippen molar-refractivity contribution in [3.8, 4) is 0 Å². The van der Waals surface area contributed by atoms with E-state index in [1.165, 1.54) is 65.1 Å². The van der Waals surface area contributed by atoms with Crippen LogP contribution in [-0.4, -0.2) is 299 Å². The van der Waals surface area contributed by atoms with Crippen molar-refractivity contribution in [3.63, 3.8) is 0 Å². The maximum absolute atomic E-state index is 14.6. The average Bonchev–Trinajstić information content (AvgIpc) is 1.67. The number of hydrogen-bond donors (Lipinski definition) is 12. The molecule has 15 N–H and O–H groups in total. The highest BCUT2D eigenvalue weighted by Crippen LogP contribution is 2.29. The molecule has 2 aromatic carbocycles. The van der Waals surface area contributed by atoms with Crippen LogP contribution in [0.1, 0.15) is 120 Å². The van der Waals surface area contributed by atoms with Crippen molar-refractivity contribution in [1.29, 1.82) is 0 Å². The Kier molecular flexibility index (Phi) is 42.6. The van der Waals surface area contributed by atoms with Crippen molar-refractivity contribution in [1.82, 2.24) is 51.1 Å². The molecule has 34 nitrogen and oxygen atoms in total. The van der Waals surface area contributed by atoms with Gasteiger partial charge < -0.3 is 83.5 Å². The van der Waals surface area contributed by atoms with Gasteiger partial charge >= 0.3 is 17.9 Å². The monoisotopic (exact) mass is 1610 g/mol. The lowest BCUT2D eigenvalue weighted by atomic mass is 10.0. The maximum atomic E-state index is 14.6. The third kappa shape index (κ3) is 35.1. The van der Waals surface area contributed by atoms with E-state index < -0.39 is 113 Å². The van der Waals surface area contributed by atoms with Gasteiger partial charge in [-0.3, -0.25) is 81.8 Å². The van der Waals surface area contributed by atoms with Gasteiger partial charge in [-0.1, -0.05) is 75.2 Å². The summed E-state index contributed by atoms with van der Waals surface area (Å²) >= 11 is 4.23. The van der Waals surface area contributed by atoms with Crippen molar-refractivity contribution in [2.24, 2.45) is 34.0 Å². The largest absolute Gasteiger partial charge is 0.480 e. The number of likely N-dealkylation sites (tertiary alicyclic amines) is 2. The molecule has 5 rings (SSSR count). The number of aliphatic imine (C=N–C) groups is 1. The minimum atomic E-state index is -1.34. The number of ether oxygens (including phenoxy) is 2. The first kappa shape index (κ1) is 93.3. The molecule has 111 heavy (non-hydrogen) atoms. The third-order valence-corrected chi connectivity index (χ3v) is 22.2. The first-order valence-electron chi connectivity index (χ1n) is 37.6. The number of nitrogens with two attached hydrogens (primary N) is 3. The SMILES string of the molecule is CCCCCC(=O)/N=C/C(CSCc1cc(CSCCNC(=O)COCCOCCNC(=O)CCC(C(=O)O)N2CCN(CC(=O)O)CCN(CC(=O)O)CC2)cc(CSCC(NC(=O)[C@H](Cc2ccccc2)NC(=O)[C@H](CCC(N)=O)NC(=O)[C@@H](C)[C@@H](C)O)C(N)=O)c1)C(=O)N1CCC[C@H]1C(=O)N1CCC[C@H]1C(N)=O. The van der Waals surface area contributed by atoms with Gasteiger partial charge in [0.05, 0.1) is 50.8 Å². The molecule has 2 aromatic rings. The summed E-state index contributed by atoms with van der Waals surface area (Å²) in [6.45, 7) is 6.69. The van der Waals surface area contributed by atoms with Gasteiger partial charge in [0.25, 0.3) is 0 Å². The summed E-state index contributed by atoms with van der Waals surface area (Å²) in [7, 11) is 0. The van der Waals surface area contributed by atoms with Crippen LogP contribution in [0.3, 0.4) is 0 Å². The van der Waals surface area contributed by atoms with E-state index in [1.807, 2.05) is 25.1 Å². The van der Waals surface area contributed by atoms with Crippen molar-refractivity contribution < 1.29 is 97.0 Å². The van der Waals surface area contributed by atoms with Gasteiger partial charge in [-0.2, -0.15) is 35.3 Å². The number of amides is 11. The molecule has 0 aliphatic carbocycles. The fraction of sp³-hybridized carbons (Fsp3) is 0.635. The van der Waals surface area contributed by atoms with Crippen molar-refractivity contribution >= 4 is 124 Å². The summed E-state index contributed by atoms with van der Waals surface area (Å²) in [4.78, 5) is 193. The Morgan fingerprint density at radius 2 is 1.17 bits per heavy atom. The molecule has 11 amide bonds. The lowest BCUT2D eigenvalue weighted by Crippen LogP contribution is -2.58. The predicted molar refractivity (Wildman–Crippen MR) is 417 cm³/mol. The molecule has 3 unspecified atom stereocenters. The van der Waals surface area contributed by atoms with Crippen LogP contribution in [0.15, 0.2) is 53.5 Å². The molecule has 37 heteroatoms. The number of aliphatic hydroxyl groups excluding tert-OH is 1. The van der Waals surface area contributed by atoms with Gasteiger partial charge in [0.1, 0.15) is 42.9 Å². The van der Waals surface area contributed by atoms with Crippen LogP contribution in [-0.2, 0) is 100 Å². The standard InChI is InChI=1S/C74H112N14O20S3/c1-4-5-7-16-62(91)80-39-54(72(103)88-24-11-15-59(88)73(104)87-23-10-14-58(87)68(77)99)46-110-44-52-35-51(36-53(37-52)45-111-47-57(67(76)98)83-71(102)56(38-50-12-8-6-9-13-50)82-70(101)55(17-19-61(75)90)81-69(100)48(2)49(3)89)43-109-34-22-79-64(93)42-108-33-32-107-31-21-78-63(92)20-18-60(74(105)106)86-29-27-84(40-65(94)95)25-26-85(28-30-86)41-66(96)97/h6,8-9,12-13,35-37,39,48-49,54-60,89H,4-5,7,10-11,14-34,38,40-47H2,1-3H3,(H2,75,90)(H2,76,98)(H2,77,99)(H,78,92)(H,79,93)(H,81,100)(H,82,101)(H,83,102)(H,94,95)(H,96,97)(H,105,106)/b80-39+/t48-,49+,54?,55-,56-,57?,58-,59-,60?/m0/s1. The number of hydrogen-bond acceptors (Lipinski definition) is 23. The van der Waals surface area contributed by atoms with Gasteiger partial charge in [-0.15, -0.1) is 0 Å². The maximum Gasteiger partial charge on any atom is 0.320 e. The molecular weight excluding hydrogens is 1500 g/mol. The Balaban J connectivity index is 1.21. The normalized spacial score (nSPS) is 17.7. The number of primary amides is 3. The van der Waals surface area contributed by atoms with E-state index in [9.17, 15) is 87.5 Å². The topological polar surface area (TPSA) is 505 Å². The molecule has 3 saturated heterocycles. The summed E-state index contributed by atoms with van der Waals surface area (Å²) in [5.74, 6) is -9.77. The molecule has 3 fully saturated rings. The number of aliphatic carboxylic acids is 3. The Morgan fingerprint density at radius 1 is 0.604 bits per heavy atom. The number of carboxylic acid groups (broad SMARTS) is 3. The molecule has 616 valence electrons. The van der Waals surface area contributed by atoms with Crippen molar-refractivity contribution in [2.75, 3.05) is 122 Å². The van der Waals surface area contributed by atoms with E-state index in [0.29, 0.717) is 67.2 Å². The molecule has 0 bridgehead atoms. The highest BCUT2D eigenvalue weighted by Gasteiger charge is 2.43. The fourth-order valence-electron chi connectivity index (χ4n) is 12.7. The first-order valence-corrected chi connectivity index (χ1v) is 41.1. The number of benzene rings is 2. The minimum Gasteiger partial charge on any atom is -0.480 e. The molecular formula is C74H112N14O20S3. The summed E-state index contributed by atoms with van der Waals surface area (Å²) in [6.07, 6.45) is 4.06. The second-order valence-electron chi connectivity index (χ2n) is 27.7. The van der Waals surface area contributed by atoms with Gasteiger partial charge in [-0.05, 0) is 74.1 Å². The molecule has 3 heterocycles. The lowest BCUT2D eigenvalue weighted by molar-refractivity contribution is -0.146. The van der Waals surface area contributed by atoms with Crippen molar-refractivity contribution in [2.45, 2.75) is 164 Å². The highest BCUT2D eigenvalue weighted by atomic mass is 32.2. The Hall–Kier alpha value is -8.30. The number of unbranched alkanes of at least 4 members (excludes halogenated alkanes) is 2. The third-order valence-electron chi connectivity index (χ3n) is 18.9. The van der Waals surface area contributed by atoms with E-state index in [2.05, 4.69) is 31.6 Å². The summed E-state index contributed by atoms with van der Waals surface area (Å²) in [5, 5.41) is 52.5. The molecule has 0 aromatic heterocycles. The highest BCUT2D eigenvalue weighted by molar-refractivity contribution is 7.99. The lowest BCUT2D eigenvalue weighted by Gasteiger charge is -2.31. The summed E-state index contributed by atoms with van der Waals surface area (Å²) < 4.78 is 11.1. The predicted octanol–water partition coefficient (Wildman–Crippen LogP) is -0.300. The molecule has 0 radical (unpaired) electrons. The van der Waals surface area contributed by atoms with Crippen LogP contribution in [0.2, 0.25) is 0 Å². The Labute approximate surface area is 660 Å². The van der Waals surface area contributed by atoms with Crippen LogP contribution in [0, 0.1) is 11.8 Å². The number of nitrogens with one attached hydrogen (secondary N) is 5. The average molecular weight is 1610 g/mol. The van der Waals surface area contributed by atoms with E-state index in [0.717, 1.165) is 29.5 Å². The number of nitrogens with zero attached hydrogens (tertiary/aromatic N) is 6. The molecule has 9 atom stereocenters. The van der Waals surface area contributed by atoms with Crippen molar-refractivity contribution in [3.05, 3.63) is 70.8 Å². The van der Waals surface area contributed by atoms with Crippen LogP contribution in [0.25, 0.3) is 0 Å². The fourth-order valence-corrected chi connectivity index (χ4v) is 15.5. The zero-order valence-electron chi connectivity index (χ0n) is 63.6. The quantitative estimate of drug-likeness (QED) is 0.0299.